The predicted octanol–water partition coefficient (Wildman–Crippen LogP) is 6.97. The van der Waals surface area contributed by atoms with Crippen molar-refractivity contribution in [2.75, 3.05) is 17.3 Å². The molecule has 1 fully saturated rings. The molecular formula is C34H24BrClN2O4. The summed E-state index contributed by atoms with van der Waals surface area (Å²) in [7, 11) is 1.56. The Morgan fingerprint density at radius 2 is 1.62 bits per heavy atom. The first-order valence-electron chi connectivity index (χ1n) is 13.5. The normalized spacial score (nSPS) is 23.3. The second-order valence-electron chi connectivity index (χ2n) is 10.7. The Morgan fingerprint density at radius 1 is 0.929 bits per heavy atom. The first kappa shape index (κ1) is 26.7. The molecule has 8 heteroatoms. The fourth-order valence-electron chi connectivity index (χ4n) is 6.87. The second kappa shape index (κ2) is 9.96. The number of fused-ring (bicyclic) bond motifs is 6. The highest BCUT2D eigenvalue weighted by atomic mass is 79.9. The van der Waals surface area contributed by atoms with Crippen molar-refractivity contribution in [1.29, 1.82) is 0 Å². The number of carbonyl (C=O) groups excluding carboxylic acids is 3. The summed E-state index contributed by atoms with van der Waals surface area (Å²) in [6, 6.07) is 25.2. The number of anilines is 2. The van der Waals surface area contributed by atoms with E-state index in [2.05, 4.69) is 21.2 Å². The Bertz CT molecular complexity index is 1800. The number of Topliss-reactive ketones (excluding diaryl/α,β-unsaturated/α-hetero) is 2. The van der Waals surface area contributed by atoms with E-state index < -0.39 is 23.4 Å². The minimum Gasteiger partial charge on any atom is -0.497 e. The first-order chi connectivity index (χ1) is 20.3. The molecule has 4 aromatic rings. The molecule has 4 atom stereocenters. The standard InChI is InChI=1S/C34H24BrClN2O4/c1-42-24-14-8-19(9-15-24)31(39)29-30(32(40)20-6-11-22(35)12-7-20)38-27-16-13-23(36)18-21(27)10-17-28(38)34(29)25-4-2-3-5-26(25)37-33(34)41/h2-18,28-30H,1H3,(H,37,41). The Balaban J connectivity index is 1.52. The third-order valence-electron chi connectivity index (χ3n) is 8.65. The molecule has 7 rings (SSSR count). The maximum Gasteiger partial charge on any atom is 0.238 e. The Morgan fingerprint density at radius 3 is 2.36 bits per heavy atom. The SMILES string of the molecule is COc1ccc(C(=O)C2C(C(=O)c3ccc(Br)cc3)N3c4ccc(Cl)cc4C=CC3C23C(=O)Nc2ccccc23)cc1. The summed E-state index contributed by atoms with van der Waals surface area (Å²) in [6.45, 7) is 0. The van der Waals surface area contributed by atoms with Crippen LogP contribution in [0.1, 0.15) is 31.8 Å². The zero-order chi connectivity index (χ0) is 29.2. The van der Waals surface area contributed by atoms with Gasteiger partial charge in [0.05, 0.1) is 19.1 Å². The van der Waals surface area contributed by atoms with Crippen molar-refractivity contribution >= 4 is 62.5 Å². The van der Waals surface area contributed by atoms with Crippen molar-refractivity contribution < 1.29 is 19.1 Å². The van der Waals surface area contributed by atoms with Crippen molar-refractivity contribution in [3.8, 4) is 5.75 Å². The molecule has 3 heterocycles. The molecule has 1 saturated heterocycles. The van der Waals surface area contributed by atoms with Crippen LogP contribution < -0.4 is 15.0 Å². The van der Waals surface area contributed by atoms with Crippen LogP contribution in [0.3, 0.4) is 0 Å². The minimum atomic E-state index is -1.38. The molecule has 0 saturated carbocycles. The zero-order valence-electron chi connectivity index (χ0n) is 22.4. The van der Waals surface area contributed by atoms with E-state index in [0.717, 1.165) is 15.7 Å². The number of rotatable bonds is 5. The lowest BCUT2D eigenvalue weighted by atomic mass is 9.64. The number of ether oxygens (including phenoxy) is 1. The van der Waals surface area contributed by atoms with E-state index in [9.17, 15) is 14.4 Å². The number of hydrogen-bond donors (Lipinski definition) is 1. The van der Waals surface area contributed by atoms with Gasteiger partial charge < -0.3 is 15.0 Å². The molecule has 4 aromatic carbocycles. The summed E-state index contributed by atoms with van der Waals surface area (Å²) in [5.74, 6) is -1.30. The molecule has 42 heavy (non-hydrogen) atoms. The van der Waals surface area contributed by atoms with Gasteiger partial charge in [-0.25, -0.2) is 0 Å². The molecule has 1 N–H and O–H groups in total. The largest absolute Gasteiger partial charge is 0.497 e. The Hall–Kier alpha value is -4.20. The maximum absolute atomic E-state index is 14.8. The van der Waals surface area contributed by atoms with Gasteiger partial charge in [0.2, 0.25) is 5.91 Å². The summed E-state index contributed by atoms with van der Waals surface area (Å²) >= 11 is 9.82. The smallest absolute Gasteiger partial charge is 0.238 e. The van der Waals surface area contributed by atoms with Crippen LogP contribution in [0.25, 0.3) is 6.08 Å². The molecule has 1 spiro atoms. The number of hydrogen-bond acceptors (Lipinski definition) is 5. The Labute approximate surface area is 256 Å². The van der Waals surface area contributed by atoms with E-state index in [1.54, 1.807) is 61.7 Å². The number of nitrogens with zero attached hydrogens (tertiary/aromatic N) is 1. The van der Waals surface area contributed by atoms with Crippen LogP contribution in [0.4, 0.5) is 11.4 Å². The monoisotopic (exact) mass is 638 g/mol. The van der Waals surface area contributed by atoms with Gasteiger partial charge in [-0.3, -0.25) is 14.4 Å². The fraction of sp³-hybridized carbons (Fsp3) is 0.147. The number of carbonyl (C=O) groups is 3. The number of ketones is 2. The van der Waals surface area contributed by atoms with Gasteiger partial charge in [-0.05, 0) is 71.8 Å². The highest BCUT2D eigenvalue weighted by Gasteiger charge is 2.70. The molecule has 1 amide bonds. The van der Waals surface area contributed by atoms with Crippen LogP contribution in [0, 0.1) is 5.92 Å². The molecule has 0 bridgehead atoms. The van der Waals surface area contributed by atoms with Crippen LogP contribution in [0.2, 0.25) is 5.02 Å². The molecule has 0 aliphatic carbocycles. The van der Waals surface area contributed by atoms with Gasteiger partial charge >= 0.3 is 0 Å². The first-order valence-corrected chi connectivity index (χ1v) is 14.7. The third-order valence-corrected chi connectivity index (χ3v) is 9.41. The number of methoxy groups -OCH3 is 1. The van der Waals surface area contributed by atoms with Crippen molar-refractivity contribution in [3.63, 3.8) is 0 Å². The summed E-state index contributed by atoms with van der Waals surface area (Å²) in [6.07, 6.45) is 3.86. The highest BCUT2D eigenvalue weighted by molar-refractivity contribution is 9.10. The van der Waals surface area contributed by atoms with Gasteiger partial charge in [0.25, 0.3) is 0 Å². The van der Waals surface area contributed by atoms with Crippen LogP contribution in [0.5, 0.6) is 5.75 Å². The number of amides is 1. The number of nitrogens with one attached hydrogen (secondary N) is 1. The molecular weight excluding hydrogens is 616 g/mol. The van der Waals surface area contributed by atoms with Gasteiger partial charge in [0, 0.05) is 32.0 Å². The van der Waals surface area contributed by atoms with E-state index in [-0.39, 0.29) is 17.5 Å². The zero-order valence-corrected chi connectivity index (χ0v) is 24.7. The molecule has 208 valence electrons. The summed E-state index contributed by atoms with van der Waals surface area (Å²) in [4.78, 5) is 45.9. The third kappa shape index (κ3) is 3.80. The van der Waals surface area contributed by atoms with Crippen molar-refractivity contribution in [2.24, 2.45) is 5.92 Å². The lowest BCUT2D eigenvalue weighted by Gasteiger charge is -2.37. The van der Waals surface area contributed by atoms with Crippen molar-refractivity contribution in [2.45, 2.75) is 17.5 Å². The Kier molecular flexibility index (Phi) is 6.33. The molecule has 0 radical (unpaired) electrons. The van der Waals surface area contributed by atoms with Crippen LogP contribution in [-0.2, 0) is 10.2 Å². The summed E-state index contributed by atoms with van der Waals surface area (Å²) in [5, 5.41) is 3.60. The van der Waals surface area contributed by atoms with E-state index in [4.69, 9.17) is 16.3 Å². The highest BCUT2D eigenvalue weighted by Crippen LogP contribution is 2.58. The predicted molar refractivity (Wildman–Crippen MR) is 167 cm³/mol. The molecule has 3 aliphatic rings. The van der Waals surface area contributed by atoms with Gasteiger partial charge in [-0.15, -0.1) is 0 Å². The van der Waals surface area contributed by atoms with Gasteiger partial charge in [0.1, 0.15) is 17.2 Å². The average Bonchev–Trinajstić information content (AvgIpc) is 3.49. The molecule has 0 aromatic heterocycles. The van der Waals surface area contributed by atoms with Gasteiger partial charge in [0.15, 0.2) is 11.6 Å². The van der Waals surface area contributed by atoms with Crippen molar-refractivity contribution in [3.05, 3.63) is 129 Å². The molecule has 4 unspecified atom stereocenters. The number of benzene rings is 4. The maximum atomic E-state index is 14.8. The van der Waals surface area contributed by atoms with E-state index in [0.29, 0.717) is 33.1 Å². The quantitative estimate of drug-likeness (QED) is 0.239. The second-order valence-corrected chi connectivity index (χ2v) is 12.0. The molecule has 6 nitrogen and oxygen atoms in total. The summed E-state index contributed by atoms with van der Waals surface area (Å²) < 4.78 is 6.15. The topological polar surface area (TPSA) is 75.7 Å². The van der Waals surface area contributed by atoms with Crippen molar-refractivity contribution in [1.82, 2.24) is 0 Å². The minimum absolute atomic E-state index is 0.246. The van der Waals surface area contributed by atoms with E-state index >= 15 is 0 Å². The van der Waals surface area contributed by atoms with Crippen LogP contribution >= 0.6 is 27.5 Å². The lowest BCUT2D eigenvalue weighted by molar-refractivity contribution is -0.121. The lowest BCUT2D eigenvalue weighted by Crippen LogP contribution is -2.51. The molecule has 3 aliphatic heterocycles. The average molecular weight is 640 g/mol. The number of para-hydroxylation sites is 1. The fourth-order valence-corrected chi connectivity index (χ4v) is 7.31. The van der Waals surface area contributed by atoms with Gasteiger partial charge in [-0.1, -0.05) is 70.0 Å². The summed E-state index contributed by atoms with van der Waals surface area (Å²) in [5.41, 5.74) is 2.36. The van der Waals surface area contributed by atoms with Gasteiger partial charge in [-0.2, -0.15) is 0 Å². The van der Waals surface area contributed by atoms with Crippen LogP contribution in [0.15, 0.2) is 102 Å². The van der Waals surface area contributed by atoms with E-state index in [1.165, 1.54) is 0 Å². The van der Waals surface area contributed by atoms with Crippen LogP contribution in [-0.4, -0.2) is 36.7 Å². The van der Waals surface area contributed by atoms with E-state index in [1.807, 2.05) is 53.5 Å². The number of halogens is 2.